The van der Waals surface area contributed by atoms with Gasteiger partial charge in [0, 0.05) is 24.2 Å². The summed E-state index contributed by atoms with van der Waals surface area (Å²) in [6.45, 7) is 1.65. The first-order valence-electron chi connectivity index (χ1n) is 13.1. The second-order valence-corrected chi connectivity index (χ2v) is 11.0. The smallest absolute Gasteiger partial charge is 0.308 e. The van der Waals surface area contributed by atoms with Gasteiger partial charge in [-0.05, 0) is 92.7 Å². The van der Waals surface area contributed by atoms with E-state index in [-0.39, 0.29) is 11.8 Å². The number of nitrogens with zero attached hydrogens (tertiary/aromatic N) is 2. The van der Waals surface area contributed by atoms with Crippen molar-refractivity contribution < 1.29 is 19.7 Å². The minimum Gasteiger partial charge on any atom is -0.497 e. The van der Waals surface area contributed by atoms with E-state index in [9.17, 15) is 15.0 Å². The van der Waals surface area contributed by atoms with E-state index in [0.29, 0.717) is 30.8 Å². The summed E-state index contributed by atoms with van der Waals surface area (Å²) in [7, 11) is 1.63. The number of aliphatic hydroxyl groups excluding tert-OH is 1. The Morgan fingerprint density at radius 1 is 1.24 bits per heavy atom. The second kappa shape index (κ2) is 9.82. The number of aromatic nitrogens is 1. The van der Waals surface area contributed by atoms with Crippen LogP contribution >= 0.6 is 0 Å². The number of aliphatic carboxylic acids is 1. The summed E-state index contributed by atoms with van der Waals surface area (Å²) in [6, 6.07) is 8.12. The molecule has 2 heterocycles. The van der Waals surface area contributed by atoms with Crippen LogP contribution in [0.3, 0.4) is 0 Å². The maximum atomic E-state index is 12.2. The molecule has 0 amide bonds. The Morgan fingerprint density at radius 3 is 2.76 bits per heavy atom. The fourth-order valence-electron chi connectivity index (χ4n) is 6.98. The fourth-order valence-corrected chi connectivity index (χ4v) is 6.98. The molecule has 3 fully saturated rings. The van der Waals surface area contributed by atoms with Crippen LogP contribution in [0.15, 0.2) is 30.5 Å². The van der Waals surface area contributed by atoms with Crippen LogP contribution < -0.4 is 4.74 Å². The molecule has 2 N–H and O–H groups in total. The van der Waals surface area contributed by atoms with Gasteiger partial charge in [0.25, 0.3) is 0 Å². The van der Waals surface area contributed by atoms with Crippen molar-refractivity contribution >= 4 is 16.9 Å². The molecule has 0 radical (unpaired) electrons. The molecule has 6 heteroatoms. The third-order valence-corrected chi connectivity index (χ3v) is 9.02. The molecule has 2 aromatic rings. The minimum atomic E-state index is -0.685. The number of carbonyl (C=O) groups is 1. The van der Waals surface area contributed by atoms with Crippen molar-refractivity contribution in [3.63, 3.8) is 0 Å². The maximum Gasteiger partial charge on any atom is 0.308 e. The van der Waals surface area contributed by atoms with E-state index < -0.39 is 12.1 Å². The third kappa shape index (κ3) is 4.67. The zero-order valence-corrected chi connectivity index (χ0v) is 20.3. The zero-order valence-electron chi connectivity index (χ0n) is 20.3. The number of piperidine rings is 1. The number of carboxylic acids is 1. The van der Waals surface area contributed by atoms with Crippen LogP contribution in [0.4, 0.5) is 0 Å². The van der Waals surface area contributed by atoms with Crippen molar-refractivity contribution in [1.29, 1.82) is 0 Å². The monoisotopic (exact) mass is 466 g/mol. The van der Waals surface area contributed by atoms with Crippen LogP contribution in [0.1, 0.15) is 75.9 Å². The number of ether oxygens (including phenoxy) is 1. The number of hydrogen-bond acceptors (Lipinski definition) is 5. The molecule has 1 aromatic heterocycles. The molecule has 184 valence electrons. The predicted molar refractivity (Wildman–Crippen MR) is 132 cm³/mol. The number of pyridine rings is 1. The molecule has 3 atom stereocenters. The normalized spacial score (nSPS) is 26.3. The van der Waals surface area contributed by atoms with Crippen LogP contribution in [0.5, 0.6) is 5.75 Å². The van der Waals surface area contributed by atoms with E-state index in [1.165, 1.54) is 44.9 Å². The number of carboxylic acid groups (broad SMARTS) is 1. The molecular weight excluding hydrogens is 428 g/mol. The molecule has 3 aliphatic rings. The summed E-state index contributed by atoms with van der Waals surface area (Å²) in [6.07, 6.45) is 12.6. The highest BCUT2D eigenvalue weighted by atomic mass is 16.5. The first kappa shape index (κ1) is 23.6. The maximum absolute atomic E-state index is 12.2. The van der Waals surface area contributed by atoms with Crippen LogP contribution in [-0.4, -0.2) is 52.3 Å². The van der Waals surface area contributed by atoms with Crippen molar-refractivity contribution in [2.75, 3.05) is 20.2 Å². The first-order chi connectivity index (χ1) is 16.5. The molecule has 1 unspecified atom stereocenters. The number of benzene rings is 1. The first-order valence-corrected chi connectivity index (χ1v) is 13.1. The van der Waals surface area contributed by atoms with Crippen molar-refractivity contribution in [3.05, 3.63) is 36.0 Å². The molecule has 1 aromatic carbocycles. The summed E-state index contributed by atoms with van der Waals surface area (Å²) in [5, 5.41) is 21.9. The minimum absolute atomic E-state index is 0.106. The van der Waals surface area contributed by atoms with Crippen LogP contribution in [-0.2, 0) is 4.79 Å². The lowest BCUT2D eigenvalue weighted by Crippen LogP contribution is -2.56. The lowest BCUT2D eigenvalue weighted by atomic mass is 9.57. The van der Waals surface area contributed by atoms with Crippen molar-refractivity contribution in [1.82, 2.24) is 9.88 Å². The average molecular weight is 467 g/mol. The number of methoxy groups -OCH3 is 1. The molecule has 1 saturated heterocycles. The summed E-state index contributed by atoms with van der Waals surface area (Å²) < 4.78 is 5.35. The molecule has 1 spiro atoms. The Balaban J connectivity index is 1.20. The summed E-state index contributed by atoms with van der Waals surface area (Å²) >= 11 is 0. The van der Waals surface area contributed by atoms with E-state index in [1.807, 2.05) is 24.3 Å². The van der Waals surface area contributed by atoms with E-state index in [0.717, 1.165) is 35.2 Å². The summed E-state index contributed by atoms with van der Waals surface area (Å²) in [5.74, 6) is -0.193. The average Bonchev–Trinajstić information content (AvgIpc) is 2.85. The Morgan fingerprint density at radius 2 is 2.03 bits per heavy atom. The van der Waals surface area contributed by atoms with E-state index in [1.54, 1.807) is 13.3 Å². The van der Waals surface area contributed by atoms with Gasteiger partial charge in [-0.2, -0.15) is 0 Å². The molecule has 2 saturated carbocycles. The van der Waals surface area contributed by atoms with E-state index in [2.05, 4.69) is 9.88 Å². The summed E-state index contributed by atoms with van der Waals surface area (Å²) in [5.41, 5.74) is 2.23. The SMILES string of the molecule is COc1ccc2nccc(C(O)CC[C@@H]3CCN(C4CC5(CCCCC5)C4)C[C@@H]3C(=O)O)c2c1. The number of hydrogen-bond donors (Lipinski definition) is 2. The number of fused-ring (bicyclic) bond motifs is 1. The third-order valence-electron chi connectivity index (χ3n) is 9.02. The van der Waals surface area contributed by atoms with Gasteiger partial charge in [0.15, 0.2) is 0 Å². The highest BCUT2D eigenvalue weighted by Crippen LogP contribution is 2.54. The van der Waals surface area contributed by atoms with Gasteiger partial charge in [-0.3, -0.25) is 14.7 Å². The summed E-state index contributed by atoms with van der Waals surface area (Å²) in [4.78, 5) is 19.1. The van der Waals surface area contributed by atoms with Gasteiger partial charge in [-0.1, -0.05) is 19.3 Å². The van der Waals surface area contributed by atoms with Gasteiger partial charge in [-0.15, -0.1) is 0 Å². The number of likely N-dealkylation sites (tertiary alicyclic amines) is 1. The standard InChI is InChI=1S/C28H38N2O4/c1-34-21-6-7-25-23(15-21)22(9-13-29-25)26(31)8-5-19-10-14-30(18-24(19)27(32)33)20-16-28(17-20)11-3-2-4-12-28/h6-7,9,13,15,19-20,24,26,31H,2-5,8,10-12,14,16-18H2,1H3,(H,32,33)/t19-,24+,26?/m1/s1. The number of aliphatic hydroxyl groups is 1. The Hall–Kier alpha value is -2.18. The van der Waals surface area contributed by atoms with Crippen LogP contribution in [0.25, 0.3) is 10.9 Å². The Kier molecular flexibility index (Phi) is 6.81. The van der Waals surface area contributed by atoms with Crippen molar-refractivity contribution in [2.24, 2.45) is 17.3 Å². The molecular formula is C28H38N2O4. The zero-order chi connectivity index (χ0) is 23.7. The molecule has 34 heavy (non-hydrogen) atoms. The van der Waals surface area contributed by atoms with Gasteiger partial charge >= 0.3 is 5.97 Å². The van der Waals surface area contributed by atoms with Crippen LogP contribution in [0.2, 0.25) is 0 Å². The van der Waals surface area contributed by atoms with E-state index >= 15 is 0 Å². The number of rotatable bonds is 7. The van der Waals surface area contributed by atoms with Gasteiger partial charge < -0.3 is 14.9 Å². The lowest BCUT2D eigenvalue weighted by Gasteiger charge is -2.55. The largest absolute Gasteiger partial charge is 0.497 e. The fraction of sp³-hybridized carbons (Fsp3) is 0.643. The molecule has 0 bridgehead atoms. The van der Waals surface area contributed by atoms with E-state index in [4.69, 9.17) is 4.74 Å². The molecule has 5 rings (SSSR count). The topological polar surface area (TPSA) is 82.9 Å². The predicted octanol–water partition coefficient (Wildman–Crippen LogP) is 5.19. The quantitative estimate of drug-likeness (QED) is 0.584. The van der Waals surface area contributed by atoms with Gasteiger partial charge in [0.1, 0.15) is 5.75 Å². The molecule has 1 aliphatic heterocycles. The van der Waals surface area contributed by atoms with Gasteiger partial charge in [0.05, 0.1) is 24.6 Å². The van der Waals surface area contributed by atoms with Gasteiger partial charge in [0.2, 0.25) is 0 Å². The molecule has 2 aliphatic carbocycles. The Labute approximate surface area is 202 Å². The van der Waals surface area contributed by atoms with Crippen LogP contribution in [0, 0.1) is 17.3 Å². The lowest BCUT2D eigenvalue weighted by molar-refractivity contribution is -0.148. The van der Waals surface area contributed by atoms with Crippen molar-refractivity contribution in [2.45, 2.75) is 76.4 Å². The second-order valence-electron chi connectivity index (χ2n) is 11.0. The van der Waals surface area contributed by atoms with Crippen molar-refractivity contribution in [3.8, 4) is 5.75 Å². The molecule has 6 nitrogen and oxygen atoms in total. The highest BCUT2D eigenvalue weighted by Gasteiger charge is 2.48. The highest BCUT2D eigenvalue weighted by molar-refractivity contribution is 5.83. The Bertz CT molecular complexity index is 1010. The van der Waals surface area contributed by atoms with Gasteiger partial charge in [-0.25, -0.2) is 0 Å².